The number of nitriles is 3. The van der Waals surface area contributed by atoms with Crippen molar-refractivity contribution in [1.29, 1.82) is 15.8 Å². The van der Waals surface area contributed by atoms with E-state index >= 15 is 0 Å². The number of benzene rings is 4. The van der Waals surface area contributed by atoms with E-state index in [2.05, 4.69) is 122 Å². The first kappa shape index (κ1) is 76.8. The minimum atomic E-state index is -0.256. The summed E-state index contributed by atoms with van der Waals surface area (Å²) in [6.07, 6.45) is 20.4. The summed E-state index contributed by atoms with van der Waals surface area (Å²) in [7, 11) is 5.34. The summed E-state index contributed by atoms with van der Waals surface area (Å²) in [5.74, 6) is 3.21. The fourth-order valence-electron chi connectivity index (χ4n) is 16.3. The number of nitrogen functional groups attached to an aromatic ring is 5. The van der Waals surface area contributed by atoms with Crippen molar-refractivity contribution < 1.29 is 0 Å². The van der Waals surface area contributed by atoms with E-state index in [4.69, 9.17) is 43.6 Å². The average molecular weight is 1540 g/mol. The van der Waals surface area contributed by atoms with Gasteiger partial charge in [0.15, 0.2) is 17.5 Å². The second kappa shape index (κ2) is 32.6. The van der Waals surface area contributed by atoms with Gasteiger partial charge in [-0.05, 0) is 114 Å². The molecule has 12 heterocycles. The molecular weight excluding hydrogens is 1460 g/mol. The number of nitrogens with zero attached hydrogens (tertiary/aromatic N) is 18. The lowest BCUT2D eigenvalue weighted by Gasteiger charge is -2.31. The van der Waals surface area contributed by atoms with Gasteiger partial charge in [-0.1, -0.05) is 97.1 Å². The highest BCUT2D eigenvalue weighted by atomic mass is 16.1. The van der Waals surface area contributed by atoms with E-state index < -0.39 is 0 Å². The van der Waals surface area contributed by atoms with Crippen molar-refractivity contribution in [2.75, 3.05) is 86.7 Å². The van der Waals surface area contributed by atoms with Gasteiger partial charge >= 0.3 is 0 Å². The van der Waals surface area contributed by atoms with E-state index in [1.54, 1.807) is 34.8 Å². The van der Waals surface area contributed by atoms with Crippen molar-refractivity contribution in [3.05, 3.63) is 233 Å². The maximum atomic E-state index is 12.7. The molecule has 0 bridgehead atoms. The van der Waals surface area contributed by atoms with Crippen LogP contribution in [0.1, 0.15) is 126 Å². The molecule has 582 valence electrons. The van der Waals surface area contributed by atoms with E-state index in [1.807, 2.05) is 118 Å². The highest BCUT2D eigenvalue weighted by Gasteiger charge is 2.34. The van der Waals surface area contributed by atoms with E-state index in [0.717, 1.165) is 188 Å². The molecular formula is C88H87N25O3. The van der Waals surface area contributed by atoms with Gasteiger partial charge in [0.25, 0.3) is 16.7 Å². The molecule has 3 fully saturated rings. The zero-order valence-corrected chi connectivity index (χ0v) is 65.4. The number of aromatic nitrogens is 12. The van der Waals surface area contributed by atoms with Crippen molar-refractivity contribution in [2.45, 2.75) is 97.2 Å². The van der Waals surface area contributed by atoms with Gasteiger partial charge in [-0.15, -0.1) is 0 Å². The highest BCUT2D eigenvalue weighted by Crippen LogP contribution is 2.44. The number of hydrogen-bond donors (Lipinski definition) is 7. The first-order chi connectivity index (χ1) is 56.2. The molecule has 17 rings (SSSR count). The third-order valence-electron chi connectivity index (χ3n) is 22.0. The first-order valence-electron chi connectivity index (χ1n) is 38.7. The van der Waals surface area contributed by atoms with E-state index in [0.29, 0.717) is 47.1 Å². The summed E-state index contributed by atoms with van der Waals surface area (Å²) in [6.45, 7) is 10.5. The summed E-state index contributed by atoms with van der Waals surface area (Å²) in [6, 6.07) is 44.9. The lowest BCUT2D eigenvalue weighted by atomic mass is 9.94. The monoisotopic (exact) mass is 1540 g/mol. The molecule has 13 aromatic rings. The van der Waals surface area contributed by atoms with E-state index in [1.165, 1.54) is 19.2 Å². The van der Waals surface area contributed by atoms with Crippen molar-refractivity contribution >= 4 is 97.2 Å². The molecule has 3 aliphatic heterocycles. The number of hydrogen-bond acceptors (Lipinski definition) is 25. The van der Waals surface area contributed by atoms with Crippen LogP contribution < -0.4 is 70.7 Å². The SMILES string of the molecule is Cc1cc(-c2cccc3cc(C4CCCN4c4ncnc(N)c4C#N)c(-c4ccccc4)nc23)cn(C)c1=O.Cc1cc(-c2cccc3cc([C@H](C)Nc4nc(N)nc(N)c4C#N)c(N4CCCCC4)nc23)cn(C)c1=O.Cn1cc(-c2cccc3cc(CNc4nc(N)nc(N)c4C#N)c(N4CCCCC4)nc23)c2c(c1=O)CC=C2. The van der Waals surface area contributed by atoms with Crippen LogP contribution in [0.15, 0.2) is 161 Å². The Hall–Kier alpha value is -14.6. The molecule has 9 aromatic heterocycles. The van der Waals surface area contributed by atoms with Gasteiger partial charge < -0.3 is 67.7 Å². The van der Waals surface area contributed by atoms with Crippen molar-refractivity contribution in [2.24, 2.45) is 21.1 Å². The summed E-state index contributed by atoms with van der Waals surface area (Å²) < 4.78 is 4.89. The Morgan fingerprint density at radius 1 is 0.509 bits per heavy atom. The molecule has 0 amide bonds. The largest absolute Gasteiger partial charge is 0.382 e. The molecule has 4 aromatic carbocycles. The van der Waals surface area contributed by atoms with Crippen LogP contribution in [0.2, 0.25) is 0 Å². The lowest BCUT2D eigenvalue weighted by Crippen LogP contribution is -2.32. The third-order valence-corrected chi connectivity index (χ3v) is 22.0. The van der Waals surface area contributed by atoms with Crippen LogP contribution in [-0.4, -0.2) is 91.3 Å². The number of fused-ring (bicyclic) bond motifs is 4. The Balaban J connectivity index is 0.000000137. The van der Waals surface area contributed by atoms with Gasteiger partial charge in [-0.2, -0.15) is 35.7 Å². The predicted molar refractivity (Wildman–Crippen MR) is 458 cm³/mol. The van der Waals surface area contributed by atoms with Crippen molar-refractivity contribution in [1.82, 2.24) is 58.6 Å². The molecule has 4 aliphatic rings. The number of anilines is 10. The zero-order chi connectivity index (χ0) is 81.2. The summed E-state index contributed by atoms with van der Waals surface area (Å²) >= 11 is 0. The molecule has 12 N–H and O–H groups in total. The molecule has 0 radical (unpaired) electrons. The topological polar surface area (TPSA) is 417 Å². The Bertz CT molecular complexity index is 6370. The van der Waals surface area contributed by atoms with Crippen LogP contribution in [0, 0.1) is 47.8 Å². The highest BCUT2D eigenvalue weighted by molar-refractivity contribution is 5.99. The van der Waals surface area contributed by atoms with E-state index in [-0.39, 0.29) is 69.2 Å². The van der Waals surface area contributed by atoms with Crippen LogP contribution in [0.4, 0.5) is 58.4 Å². The Morgan fingerprint density at radius 2 is 1.05 bits per heavy atom. The lowest BCUT2D eigenvalue weighted by molar-refractivity contribution is 0.571. The normalized spacial score (nSPS) is 14.6. The molecule has 0 saturated carbocycles. The van der Waals surface area contributed by atoms with Crippen LogP contribution in [0.5, 0.6) is 0 Å². The first-order valence-corrected chi connectivity index (χ1v) is 38.7. The summed E-state index contributed by atoms with van der Waals surface area (Å²) in [5, 5.41) is 38.6. The Morgan fingerprint density at radius 3 is 1.66 bits per heavy atom. The number of piperidine rings is 2. The number of nitrogens with one attached hydrogen (secondary N) is 2. The van der Waals surface area contributed by atoms with Gasteiger partial charge in [0.05, 0.1) is 34.3 Å². The Kier molecular flexibility index (Phi) is 21.6. The van der Waals surface area contributed by atoms with Crippen LogP contribution in [0.25, 0.3) is 83.4 Å². The fraction of sp³-hybridized carbons (Fsp3) is 0.261. The number of pyridine rings is 6. The molecule has 28 nitrogen and oxygen atoms in total. The molecule has 116 heavy (non-hydrogen) atoms. The minimum absolute atomic E-state index is 0.00119. The summed E-state index contributed by atoms with van der Waals surface area (Å²) in [4.78, 5) is 84.8. The van der Waals surface area contributed by atoms with Crippen molar-refractivity contribution in [3.63, 3.8) is 0 Å². The summed E-state index contributed by atoms with van der Waals surface area (Å²) in [5.41, 5.74) is 46.7. The minimum Gasteiger partial charge on any atom is -0.382 e. The maximum absolute atomic E-state index is 12.7. The molecule has 1 unspecified atom stereocenters. The second-order valence-electron chi connectivity index (χ2n) is 29.8. The molecule has 0 spiro atoms. The fourth-order valence-corrected chi connectivity index (χ4v) is 16.3. The van der Waals surface area contributed by atoms with Crippen LogP contribution in [-0.2, 0) is 34.1 Å². The standard InChI is InChI=1S/C31H27N7O.C29H29N9O.C28H31N9O/c1-19-14-22(17-37(2)31(19)39)23-11-6-10-21-15-24(27(36-28(21)23)20-8-4-3-5-9-20)26-12-7-13-38(26)30-25(16-32)29(33)34-18-35-30;1-37-16-23(19-8-6-10-21(19)28(37)39)20-9-5-7-17-13-18(27(34-24(17)20)38-11-3-2-4-12-38)15-33-26-22(14-30)25(31)35-29(32)36-26;1-16-12-19(15-36(3)27(16)38)20-9-7-8-18-13-21(26(33-23(18)20)37-10-5-4-6-11-37)17(2)32-25-22(14-29)24(30)34-28(31)35-25/h3-6,8-11,14-15,17-18,26H,7,12-13H2,1-2H3,(H2,33,34,35);5-9,13,16H,2-4,10-12,15H2,1H3,(H5,31,32,33,35,36);7-9,12-13,15,17H,4-6,10-11H2,1-3H3,(H5,30,31,32,34,35)/t;;17-/m..0/s1. The van der Waals surface area contributed by atoms with Gasteiger partial charge in [0.1, 0.15) is 70.3 Å². The number of rotatable bonds is 14. The van der Waals surface area contributed by atoms with Gasteiger partial charge in [-0.3, -0.25) is 14.4 Å². The average Bonchev–Trinajstić information content (AvgIpc) is 1.23. The van der Waals surface area contributed by atoms with Crippen LogP contribution >= 0.6 is 0 Å². The quantitative estimate of drug-likeness (QED) is 0.0531. The second-order valence-corrected chi connectivity index (χ2v) is 29.8. The smallest absolute Gasteiger partial charge is 0.254 e. The number of nitrogens with two attached hydrogens (primary N) is 5. The molecule has 2 atom stereocenters. The van der Waals surface area contributed by atoms with Crippen molar-refractivity contribution in [3.8, 4) is 62.8 Å². The van der Waals surface area contributed by atoms with Crippen LogP contribution in [0.3, 0.4) is 0 Å². The maximum Gasteiger partial charge on any atom is 0.254 e. The zero-order valence-electron chi connectivity index (χ0n) is 65.4. The predicted octanol–water partition coefficient (Wildman–Crippen LogP) is 12.7. The van der Waals surface area contributed by atoms with Gasteiger partial charge in [0, 0.05) is 167 Å². The van der Waals surface area contributed by atoms with E-state index in [9.17, 15) is 30.2 Å². The number of allylic oxidation sites excluding steroid dienone is 1. The molecule has 28 heteroatoms. The number of aryl methyl sites for hydroxylation is 5. The molecule has 1 aliphatic carbocycles. The third kappa shape index (κ3) is 15.1. The Labute approximate surface area is 669 Å². The number of para-hydroxylation sites is 3. The van der Waals surface area contributed by atoms with Gasteiger partial charge in [0.2, 0.25) is 11.9 Å². The molecule has 3 saturated heterocycles. The van der Waals surface area contributed by atoms with Gasteiger partial charge in [-0.25, -0.2) is 24.9 Å².